The molecule has 26 heavy (non-hydrogen) atoms. The number of aryl methyl sites for hydroxylation is 1. The summed E-state index contributed by atoms with van der Waals surface area (Å²) in [6.45, 7) is 5.58. The Morgan fingerprint density at radius 1 is 1.08 bits per heavy atom. The third kappa shape index (κ3) is 2.18. The Balaban J connectivity index is 1.76. The quantitative estimate of drug-likeness (QED) is 0.653. The van der Waals surface area contributed by atoms with E-state index in [0.29, 0.717) is 5.56 Å². The van der Waals surface area contributed by atoms with Crippen LogP contribution in [0.5, 0.6) is 0 Å². The first kappa shape index (κ1) is 15.5. The Morgan fingerprint density at radius 3 is 2.85 bits per heavy atom. The molecule has 2 aliphatic rings. The SMILES string of the molecule is Cc1c(F)ccc(-c2nc3n(c2-c2ccc4c(c2)C=NC4)CCC3)c1C. The molecule has 2 aromatic carbocycles. The fourth-order valence-corrected chi connectivity index (χ4v) is 4.10. The second kappa shape index (κ2) is 5.63. The molecule has 5 rings (SSSR count). The van der Waals surface area contributed by atoms with E-state index in [2.05, 4.69) is 27.8 Å². The molecule has 0 radical (unpaired) electrons. The zero-order valence-corrected chi connectivity index (χ0v) is 15.0. The van der Waals surface area contributed by atoms with Crippen LogP contribution in [0.25, 0.3) is 22.5 Å². The molecule has 0 saturated carbocycles. The van der Waals surface area contributed by atoms with Crippen LogP contribution in [0.4, 0.5) is 4.39 Å². The molecular weight excluding hydrogens is 325 g/mol. The summed E-state index contributed by atoms with van der Waals surface area (Å²) in [5.41, 5.74) is 8.42. The largest absolute Gasteiger partial charge is 0.327 e. The smallest absolute Gasteiger partial charge is 0.126 e. The minimum absolute atomic E-state index is 0.159. The normalized spacial score (nSPS) is 14.7. The van der Waals surface area contributed by atoms with E-state index in [1.165, 1.54) is 11.1 Å². The Labute approximate surface area is 152 Å². The van der Waals surface area contributed by atoms with Crippen molar-refractivity contribution in [3.8, 4) is 22.5 Å². The van der Waals surface area contributed by atoms with Crippen molar-refractivity contribution in [1.82, 2.24) is 9.55 Å². The van der Waals surface area contributed by atoms with Crippen molar-refractivity contribution in [3.05, 3.63) is 64.2 Å². The maximum Gasteiger partial charge on any atom is 0.126 e. The highest BCUT2D eigenvalue weighted by Crippen LogP contribution is 2.38. The van der Waals surface area contributed by atoms with E-state index in [1.54, 1.807) is 6.07 Å². The Morgan fingerprint density at radius 2 is 1.96 bits per heavy atom. The van der Waals surface area contributed by atoms with E-state index < -0.39 is 0 Å². The zero-order chi connectivity index (χ0) is 17.8. The predicted octanol–water partition coefficient (Wildman–Crippen LogP) is 4.85. The lowest BCUT2D eigenvalue weighted by molar-refractivity contribution is 0.617. The van der Waals surface area contributed by atoms with Gasteiger partial charge in [0.05, 0.1) is 17.9 Å². The van der Waals surface area contributed by atoms with Crippen LogP contribution in [0, 0.1) is 19.7 Å². The summed E-state index contributed by atoms with van der Waals surface area (Å²) in [6, 6.07) is 9.98. The molecule has 1 aromatic heterocycles. The molecule has 0 bridgehead atoms. The average Bonchev–Trinajstić information content (AvgIpc) is 3.34. The van der Waals surface area contributed by atoms with Gasteiger partial charge >= 0.3 is 0 Å². The van der Waals surface area contributed by atoms with Crippen molar-refractivity contribution in [3.63, 3.8) is 0 Å². The fraction of sp³-hybridized carbons (Fsp3) is 0.273. The van der Waals surface area contributed by atoms with Crippen LogP contribution in [-0.4, -0.2) is 15.8 Å². The molecule has 0 spiro atoms. The number of halogens is 1. The minimum atomic E-state index is -0.159. The van der Waals surface area contributed by atoms with Gasteiger partial charge in [0.15, 0.2) is 0 Å². The topological polar surface area (TPSA) is 30.2 Å². The van der Waals surface area contributed by atoms with Gasteiger partial charge in [-0.15, -0.1) is 0 Å². The number of aromatic nitrogens is 2. The molecule has 0 saturated heterocycles. The van der Waals surface area contributed by atoms with Gasteiger partial charge < -0.3 is 4.57 Å². The molecule has 0 unspecified atom stereocenters. The Hall–Kier alpha value is -2.75. The van der Waals surface area contributed by atoms with Crippen molar-refractivity contribution >= 4 is 6.21 Å². The molecule has 3 aromatic rings. The summed E-state index contributed by atoms with van der Waals surface area (Å²) in [4.78, 5) is 9.34. The van der Waals surface area contributed by atoms with Crippen molar-refractivity contribution < 1.29 is 4.39 Å². The van der Waals surface area contributed by atoms with E-state index in [-0.39, 0.29) is 5.82 Å². The summed E-state index contributed by atoms with van der Waals surface area (Å²) >= 11 is 0. The summed E-state index contributed by atoms with van der Waals surface area (Å²) < 4.78 is 16.3. The van der Waals surface area contributed by atoms with Crippen LogP contribution in [0.3, 0.4) is 0 Å². The molecule has 0 atom stereocenters. The third-order valence-electron chi connectivity index (χ3n) is 5.72. The lowest BCUT2D eigenvalue weighted by Gasteiger charge is -2.13. The van der Waals surface area contributed by atoms with E-state index in [1.807, 2.05) is 26.1 Å². The van der Waals surface area contributed by atoms with Crippen molar-refractivity contribution in [2.45, 2.75) is 39.8 Å². The highest BCUT2D eigenvalue weighted by molar-refractivity contribution is 5.89. The summed E-state index contributed by atoms with van der Waals surface area (Å²) in [5.74, 6) is 0.971. The highest BCUT2D eigenvalue weighted by atomic mass is 19.1. The van der Waals surface area contributed by atoms with E-state index in [4.69, 9.17) is 4.98 Å². The maximum absolute atomic E-state index is 14.0. The number of aliphatic imine (C=N–C) groups is 1. The summed E-state index contributed by atoms with van der Waals surface area (Å²) in [5, 5.41) is 0. The van der Waals surface area contributed by atoms with Gasteiger partial charge in [-0.25, -0.2) is 9.37 Å². The number of hydrogen-bond acceptors (Lipinski definition) is 2. The lowest BCUT2D eigenvalue weighted by Crippen LogP contribution is -1.99. The molecule has 0 fully saturated rings. The molecule has 4 heteroatoms. The summed E-state index contributed by atoms with van der Waals surface area (Å²) in [6.07, 6.45) is 4.08. The van der Waals surface area contributed by atoms with Gasteiger partial charge in [-0.05, 0) is 60.7 Å². The van der Waals surface area contributed by atoms with E-state index in [9.17, 15) is 4.39 Å². The third-order valence-corrected chi connectivity index (χ3v) is 5.72. The van der Waals surface area contributed by atoms with Crippen LogP contribution in [0.15, 0.2) is 35.3 Å². The van der Waals surface area contributed by atoms with Crippen molar-refractivity contribution in [2.75, 3.05) is 0 Å². The van der Waals surface area contributed by atoms with Crippen LogP contribution in [0.2, 0.25) is 0 Å². The number of nitrogens with zero attached hydrogens (tertiary/aromatic N) is 3. The molecule has 0 N–H and O–H groups in total. The molecule has 3 heterocycles. The lowest BCUT2D eigenvalue weighted by atomic mass is 9.96. The molecule has 0 aliphatic carbocycles. The van der Waals surface area contributed by atoms with Crippen LogP contribution >= 0.6 is 0 Å². The van der Waals surface area contributed by atoms with Crippen molar-refractivity contribution in [1.29, 1.82) is 0 Å². The average molecular weight is 345 g/mol. The van der Waals surface area contributed by atoms with Gasteiger partial charge in [0.25, 0.3) is 0 Å². The van der Waals surface area contributed by atoms with Crippen LogP contribution < -0.4 is 0 Å². The molecular formula is C22H20FN3. The van der Waals surface area contributed by atoms with Crippen molar-refractivity contribution in [2.24, 2.45) is 4.99 Å². The molecule has 3 nitrogen and oxygen atoms in total. The minimum Gasteiger partial charge on any atom is -0.327 e. The molecule has 2 aliphatic heterocycles. The van der Waals surface area contributed by atoms with Crippen LogP contribution in [0.1, 0.15) is 34.5 Å². The Bertz CT molecular complexity index is 1080. The zero-order valence-electron chi connectivity index (χ0n) is 15.0. The first-order chi connectivity index (χ1) is 12.6. The number of hydrogen-bond donors (Lipinski definition) is 0. The molecule has 130 valence electrons. The fourth-order valence-electron chi connectivity index (χ4n) is 4.10. The number of benzene rings is 2. The van der Waals surface area contributed by atoms with Gasteiger partial charge in [-0.3, -0.25) is 4.99 Å². The highest BCUT2D eigenvalue weighted by Gasteiger charge is 2.25. The van der Waals surface area contributed by atoms with E-state index >= 15 is 0 Å². The predicted molar refractivity (Wildman–Crippen MR) is 102 cm³/mol. The van der Waals surface area contributed by atoms with Gasteiger partial charge in [0.2, 0.25) is 0 Å². The summed E-state index contributed by atoms with van der Waals surface area (Å²) in [7, 11) is 0. The number of fused-ring (bicyclic) bond motifs is 2. The first-order valence-corrected chi connectivity index (χ1v) is 9.12. The number of rotatable bonds is 2. The standard InChI is InChI=1S/C22H20FN3/c1-13-14(2)19(23)8-7-18(13)21-22(26-9-3-4-20(26)25-21)15-5-6-16-11-24-12-17(16)10-15/h5-8,10,12H,3-4,9,11H2,1-2H3. The van der Waals surface area contributed by atoms with Gasteiger partial charge in [0, 0.05) is 30.3 Å². The van der Waals surface area contributed by atoms with Gasteiger partial charge in [0.1, 0.15) is 11.6 Å². The first-order valence-electron chi connectivity index (χ1n) is 9.12. The second-order valence-corrected chi connectivity index (χ2v) is 7.21. The Kier molecular flexibility index (Phi) is 3.36. The molecule has 0 amide bonds. The van der Waals surface area contributed by atoms with Crippen LogP contribution in [-0.2, 0) is 19.5 Å². The number of imidazole rings is 1. The van der Waals surface area contributed by atoms with Gasteiger partial charge in [-0.2, -0.15) is 0 Å². The monoisotopic (exact) mass is 345 g/mol. The maximum atomic E-state index is 14.0. The van der Waals surface area contributed by atoms with Gasteiger partial charge in [-0.1, -0.05) is 12.1 Å². The second-order valence-electron chi connectivity index (χ2n) is 7.21. The van der Waals surface area contributed by atoms with E-state index in [0.717, 1.165) is 59.8 Å².